The van der Waals surface area contributed by atoms with Crippen LogP contribution in [0.25, 0.3) is 0 Å². The Kier molecular flexibility index (Phi) is 6.42. The molecule has 0 atom stereocenters. The van der Waals surface area contributed by atoms with Crippen molar-refractivity contribution in [1.82, 2.24) is 0 Å². The lowest BCUT2D eigenvalue weighted by atomic mass is 10.1. The lowest BCUT2D eigenvalue weighted by Gasteiger charge is -2.11. The highest BCUT2D eigenvalue weighted by Gasteiger charge is 2.15. The van der Waals surface area contributed by atoms with E-state index in [4.69, 9.17) is 4.74 Å². The van der Waals surface area contributed by atoms with E-state index in [1.54, 1.807) is 36.4 Å². The smallest absolute Gasteiger partial charge is 0.261 e. The maximum atomic E-state index is 12.6. The normalized spacial score (nSPS) is 11.0. The molecule has 0 fully saturated rings. The molecule has 0 saturated heterocycles. The van der Waals surface area contributed by atoms with Crippen LogP contribution in [0, 0.1) is 13.8 Å². The van der Waals surface area contributed by atoms with Crippen molar-refractivity contribution in [2.45, 2.75) is 25.7 Å². The molecule has 0 aliphatic carbocycles. The molecule has 0 radical (unpaired) electrons. The molecule has 3 aromatic rings. The van der Waals surface area contributed by atoms with Gasteiger partial charge in [0.25, 0.3) is 15.9 Å². The number of rotatable bonds is 7. The third-order valence-corrected chi connectivity index (χ3v) is 5.87. The molecule has 0 aliphatic heterocycles. The minimum absolute atomic E-state index is 0.127. The second kappa shape index (κ2) is 9.00. The molecule has 0 saturated carbocycles. The van der Waals surface area contributed by atoms with Gasteiger partial charge in [0.1, 0.15) is 5.75 Å². The van der Waals surface area contributed by atoms with Crippen molar-refractivity contribution >= 4 is 27.3 Å². The molecular formula is C23H24N2O4S. The Labute approximate surface area is 177 Å². The SMILES string of the molecule is CCOc1ccc(S(=O)(=O)Nc2ccc(C(=O)Nc3ccc(C)cc3C)cc2)cc1. The van der Waals surface area contributed by atoms with Crippen molar-refractivity contribution in [3.05, 3.63) is 83.4 Å². The summed E-state index contributed by atoms with van der Waals surface area (Å²) in [4.78, 5) is 12.6. The van der Waals surface area contributed by atoms with Crippen LogP contribution >= 0.6 is 0 Å². The number of hydrogen-bond acceptors (Lipinski definition) is 4. The van der Waals surface area contributed by atoms with E-state index in [0.29, 0.717) is 23.6 Å². The fraction of sp³-hybridized carbons (Fsp3) is 0.174. The highest BCUT2D eigenvalue weighted by Crippen LogP contribution is 2.21. The fourth-order valence-electron chi connectivity index (χ4n) is 2.93. The van der Waals surface area contributed by atoms with Crippen LogP contribution in [0.2, 0.25) is 0 Å². The molecule has 6 nitrogen and oxygen atoms in total. The Morgan fingerprint density at radius 2 is 1.60 bits per heavy atom. The van der Waals surface area contributed by atoms with Crippen LogP contribution in [0.15, 0.2) is 71.6 Å². The van der Waals surface area contributed by atoms with Crippen molar-refractivity contribution in [3.63, 3.8) is 0 Å². The van der Waals surface area contributed by atoms with E-state index < -0.39 is 10.0 Å². The quantitative estimate of drug-likeness (QED) is 0.573. The van der Waals surface area contributed by atoms with Gasteiger partial charge in [0.2, 0.25) is 0 Å². The van der Waals surface area contributed by atoms with Gasteiger partial charge in [-0.05, 0) is 80.9 Å². The van der Waals surface area contributed by atoms with Crippen LogP contribution < -0.4 is 14.8 Å². The fourth-order valence-corrected chi connectivity index (χ4v) is 3.99. The molecule has 30 heavy (non-hydrogen) atoms. The van der Waals surface area contributed by atoms with Gasteiger partial charge in [-0.2, -0.15) is 0 Å². The van der Waals surface area contributed by atoms with E-state index in [1.165, 1.54) is 12.1 Å². The largest absolute Gasteiger partial charge is 0.494 e. The molecule has 3 rings (SSSR count). The number of hydrogen-bond donors (Lipinski definition) is 2. The monoisotopic (exact) mass is 424 g/mol. The minimum Gasteiger partial charge on any atom is -0.494 e. The highest BCUT2D eigenvalue weighted by atomic mass is 32.2. The molecule has 0 aliphatic rings. The summed E-state index contributed by atoms with van der Waals surface area (Å²) in [6.45, 7) is 6.29. The molecule has 0 unspecified atom stereocenters. The zero-order valence-corrected chi connectivity index (χ0v) is 17.9. The van der Waals surface area contributed by atoms with Gasteiger partial charge in [-0.1, -0.05) is 17.7 Å². The summed E-state index contributed by atoms with van der Waals surface area (Å²) >= 11 is 0. The van der Waals surface area contributed by atoms with Crippen LogP contribution in [0.1, 0.15) is 28.4 Å². The molecule has 156 valence electrons. The number of anilines is 2. The summed E-state index contributed by atoms with van der Waals surface area (Å²) in [7, 11) is -3.74. The summed E-state index contributed by atoms with van der Waals surface area (Å²) in [5, 5.41) is 2.87. The average molecular weight is 425 g/mol. The van der Waals surface area contributed by atoms with Crippen molar-refractivity contribution in [1.29, 1.82) is 0 Å². The Balaban J connectivity index is 1.69. The zero-order chi connectivity index (χ0) is 21.7. The first-order valence-corrected chi connectivity index (χ1v) is 11.0. The predicted molar refractivity (Wildman–Crippen MR) is 119 cm³/mol. The Hall–Kier alpha value is -3.32. The lowest BCUT2D eigenvalue weighted by Crippen LogP contribution is -2.14. The summed E-state index contributed by atoms with van der Waals surface area (Å²) in [5.41, 5.74) is 3.63. The second-order valence-electron chi connectivity index (χ2n) is 6.86. The van der Waals surface area contributed by atoms with E-state index in [1.807, 2.05) is 39.0 Å². The number of sulfonamides is 1. The second-order valence-corrected chi connectivity index (χ2v) is 8.54. The first kappa shape index (κ1) is 21.4. The van der Waals surface area contributed by atoms with E-state index in [0.717, 1.165) is 16.8 Å². The van der Waals surface area contributed by atoms with E-state index in [-0.39, 0.29) is 10.8 Å². The Morgan fingerprint density at radius 1 is 0.933 bits per heavy atom. The molecule has 2 N–H and O–H groups in total. The van der Waals surface area contributed by atoms with Gasteiger partial charge in [0.15, 0.2) is 0 Å². The number of nitrogens with one attached hydrogen (secondary N) is 2. The standard InChI is InChI=1S/C23H24N2O4S/c1-4-29-20-10-12-21(13-11-20)30(27,28)25-19-8-6-18(7-9-19)23(26)24-22-14-5-16(2)15-17(22)3/h5-15,25H,4H2,1-3H3,(H,24,26). The predicted octanol–water partition coefficient (Wildman–Crippen LogP) is 4.76. The lowest BCUT2D eigenvalue weighted by molar-refractivity contribution is 0.102. The molecule has 1 amide bonds. The number of carbonyl (C=O) groups excluding carboxylic acids is 1. The van der Waals surface area contributed by atoms with Crippen LogP contribution in [-0.2, 0) is 10.0 Å². The molecule has 3 aromatic carbocycles. The maximum absolute atomic E-state index is 12.6. The van der Waals surface area contributed by atoms with Gasteiger partial charge in [-0.15, -0.1) is 0 Å². The molecular weight excluding hydrogens is 400 g/mol. The van der Waals surface area contributed by atoms with Gasteiger partial charge in [0.05, 0.1) is 11.5 Å². The minimum atomic E-state index is -3.74. The average Bonchev–Trinajstić information content (AvgIpc) is 2.71. The van der Waals surface area contributed by atoms with Gasteiger partial charge < -0.3 is 10.1 Å². The Morgan fingerprint density at radius 3 is 2.20 bits per heavy atom. The molecule has 0 spiro atoms. The van der Waals surface area contributed by atoms with Crippen molar-refractivity contribution in [3.8, 4) is 5.75 Å². The first-order valence-electron chi connectivity index (χ1n) is 9.53. The number of aryl methyl sites for hydroxylation is 2. The first-order chi connectivity index (χ1) is 14.3. The van der Waals surface area contributed by atoms with Crippen molar-refractivity contribution in [2.75, 3.05) is 16.6 Å². The molecule has 7 heteroatoms. The van der Waals surface area contributed by atoms with Gasteiger partial charge in [0, 0.05) is 16.9 Å². The summed E-state index contributed by atoms with van der Waals surface area (Å²) in [6, 6.07) is 18.3. The van der Waals surface area contributed by atoms with Crippen molar-refractivity contribution < 1.29 is 17.9 Å². The third kappa shape index (κ3) is 5.18. The van der Waals surface area contributed by atoms with E-state index in [9.17, 15) is 13.2 Å². The molecule has 0 aromatic heterocycles. The summed E-state index contributed by atoms with van der Waals surface area (Å²) in [6.07, 6.45) is 0. The topological polar surface area (TPSA) is 84.5 Å². The zero-order valence-electron chi connectivity index (χ0n) is 17.1. The summed E-state index contributed by atoms with van der Waals surface area (Å²) < 4.78 is 33.0. The van der Waals surface area contributed by atoms with Crippen LogP contribution in [0.4, 0.5) is 11.4 Å². The van der Waals surface area contributed by atoms with Gasteiger partial charge >= 0.3 is 0 Å². The maximum Gasteiger partial charge on any atom is 0.261 e. The van der Waals surface area contributed by atoms with E-state index in [2.05, 4.69) is 10.0 Å². The van der Waals surface area contributed by atoms with E-state index >= 15 is 0 Å². The molecule has 0 bridgehead atoms. The number of benzene rings is 3. The Bertz CT molecular complexity index is 1140. The number of ether oxygens (including phenoxy) is 1. The summed E-state index contributed by atoms with van der Waals surface area (Å²) in [5.74, 6) is 0.346. The number of amides is 1. The number of carbonyl (C=O) groups is 1. The van der Waals surface area contributed by atoms with Crippen LogP contribution in [0.5, 0.6) is 5.75 Å². The highest BCUT2D eigenvalue weighted by molar-refractivity contribution is 7.92. The molecule has 0 heterocycles. The van der Waals surface area contributed by atoms with Crippen LogP contribution in [-0.4, -0.2) is 20.9 Å². The van der Waals surface area contributed by atoms with Crippen molar-refractivity contribution in [2.24, 2.45) is 0 Å². The van der Waals surface area contributed by atoms with Crippen LogP contribution in [0.3, 0.4) is 0 Å². The van der Waals surface area contributed by atoms with Gasteiger partial charge in [-0.25, -0.2) is 8.42 Å². The van der Waals surface area contributed by atoms with Gasteiger partial charge in [-0.3, -0.25) is 9.52 Å². The third-order valence-electron chi connectivity index (χ3n) is 4.47.